The van der Waals surface area contributed by atoms with Crippen LogP contribution in [0.25, 0.3) is 0 Å². The summed E-state index contributed by atoms with van der Waals surface area (Å²) < 4.78 is 0. The molecule has 8 heavy (non-hydrogen) atoms. The fraction of sp³-hybridized carbons (Fsp3) is 0.167. The highest BCUT2D eigenvalue weighted by atomic mass is 32.1. The standard InChI is InChI=1S/C6H7OS/c1-5-6(4-7)2-3-8-5/h2-3,7H,1,4H2. The van der Waals surface area contributed by atoms with E-state index in [0.717, 1.165) is 10.4 Å². The highest BCUT2D eigenvalue weighted by Gasteiger charge is 1.93. The van der Waals surface area contributed by atoms with E-state index in [0.29, 0.717) is 0 Å². The predicted molar refractivity (Wildman–Crippen MR) is 34.7 cm³/mol. The summed E-state index contributed by atoms with van der Waals surface area (Å²) in [5.74, 6) is 0. The van der Waals surface area contributed by atoms with Gasteiger partial charge in [0.15, 0.2) is 0 Å². The van der Waals surface area contributed by atoms with Crippen molar-refractivity contribution in [2.75, 3.05) is 0 Å². The zero-order valence-corrected chi connectivity index (χ0v) is 5.24. The summed E-state index contributed by atoms with van der Waals surface area (Å²) in [4.78, 5) is 0.965. The molecule has 1 aromatic heterocycles. The van der Waals surface area contributed by atoms with Gasteiger partial charge in [0.05, 0.1) is 6.61 Å². The normalized spacial score (nSPS) is 9.75. The molecule has 0 bridgehead atoms. The van der Waals surface area contributed by atoms with Gasteiger partial charge in [0.2, 0.25) is 0 Å². The summed E-state index contributed by atoms with van der Waals surface area (Å²) in [5, 5.41) is 10.5. The number of thiophene rings is 1. The fourth-order valence-corrected chi connectivity index (χ4v) is 1.19. The second-order valence-electron chi connectivity index (χ2n) is 1.53. The lowest BCUT2D eigenvalue weighted by atomic mass is 10.3. The summed E-state index contributed by atoms with van der Waals surface area (Å²) in [6, 6.07) is 1.88. The van der Waals surface area contributed by atoms with Crippen molar-refractivity contribution in [3.05, 3.63) is 28.8 Å². The van der Waals surface area contributed by atoms with E-state index in [9.17, 15) is 0 Å². The van der Waals surface area contributed by atoms with Crippen molar-refractivity contribution in [1.82, 2.24) is 0 Å². The maximum Gasteiger partial charge on any atom is 0.0692 e. The topological polar surface area (TPSA) is 20.2 Å². The Bertz CT molecular complexity index is 169. The molecule has 0 amide bonds. The van der Waals surface area contributed by atoms with Gasteiger partial charge in [-0.15, -0.1) is 11.3 Å². The lowest BCUT2D eigenvalue weighted by molar-refractivity contribution is 0.282. The maximum absolute atomic E-state index is 8.57. The van der Waals surface area contributed by atoms with Crippen molar-refractivity contribution in [1.29, 1.82) is 0 Å². The molecule has 1 radical (unpaired) electrons. The first-order valence-electron chi connectivity index (χ1n) is 2.34. The Kier molecular flexibility index (Phi) is 1.65. The highest BCUT2D eigenvalue weighted by Crippen LogP contribution is 2.13. The van der Waals surface area contributed by atoms with E-state index in [4.69, 9.17) is 5.11 Å². The Balaban J connectivity index is 2.92. The minimum Gasteiger partial charge on any atom is -0.392 e. The van der Waals surface area contributed by atoms with E-state index >= 15 is 0 Å². The highest BCUT2D eigenvalue weighted by molar-refractivity contribution is 7.10. The number of aliphatic hydroxyl groups is 1. The minimum atomic E-state index is 0.113. The van der Waals surface area contributed by atoms with Gasteiger partial charge in [-0.25, -0.2) is 0 Å². The Hall–Kier alpha value is -0.340. The Morgan fingerprint density at radius 3 is 2.75 bits per heavy atom. The Morgan fingerprint density at radius 1 is 1.75 bits per heavy atom. The third kappa shape index (κ3) is 0.904. The first-order valence-corrected chi connectivity index (χ1v) is 3.21. The average molecular weight is 127 g/mol. The largest absolute Gasteiger partial charge is 0.392 e. The van der Waals surface area contributed by atoms with Crippen LogP contribution in [0.15, 0.2) is 11.4 Å². The van der Waals surface area contributed by atoms with Gasteiger partial charge >= 0.3 is 0 Å². The van der Waals surface area contributed by atoms with Crippen molar-refractivity contribution in [2.45, 2.75) is 6.61 Å². The number of aliphatic hydroxyl groups excluding tert-OH is 1. The van der Waals surface area contributed by atoms with Gasteiger partial charge in [0.25, 0.3) is 0 Å². The van der Waals surface area contributed by atoms with Crippen LogP contribution in [0.5, 0.6) is 0 Å². The molecule has 0 aliphatic heterocycles. The van der Waals surface area contributed by atoms with Gasteiger partial charge in [-0.2, -0.15) is 0 Å². The summed E-state index contributed by atoms with van der Waals surface area (Å²) in [6.45, 7) is 3.82. The smallest absolute Gasteiger partial charge is 0.0692 e. The SMILES string of the molecule is [CH2]c1sccc1CO. The van der Waals surface area contributed by atoms with Gasteiger partial charge in [0, 0.05) is 4.88 Å². The van der Waals surface area contributed by atoms with Crippen LogP contribution < -0.4 is 0 Å². The minimum absolute atomic E-state index is 0.113. The molecule has 1 heterocycles. The molecule has 0 atom stereocenters. The molecule has 1 nitrogen and oxygen atoms in total. The molecule has 1 rings (SSSR count). The second kappa shape index (κ2) is 2.29. The van der Waals surface area contributed by atoms with Crippen molar-refractivity contribution >= 4 is 11.3 Å². The van der Waals surface area contributed by atoms with Crippen LogP contribution in [0.4, 0.5) is 0 Å². The van der Waals surface area contributed by atoms with E-state index in [1.807, 2.05) is 11.4 Å². The molecule has 0 saturated carbocycles. The quantitative estimate of drug-likeness (QED) is 0.605. The maximum atomic E-state index is 8.57. The van der Waals surface area contributed by atoms with E-state index in [2.05, 4.69) is 6.92 Å². The second-order valence-corrected chi connectivity index (χ2v) is 2.53. The monoisotopic (exact) mass is 127 g/mol. The molecular formula is C6H7OS. The van der Waals surface area contributed by atoms with Crippen molar-refractivity contribution in [3.63, 3.8) is 0 Å². The molecular weight excluding hydrogens is 120 g/mol. The van der Waals surface area contributed by atoms with Gasteiger partial charge in [0.1, 0.15) is 0 Å². The molecule has 2 heteroatoms. The fourth-order valence-electron chi connectivity index (χ4n) is 0.508. The van der Waals surface area contributed by atoms with Crippen LogP contribution in [0, 0.1) is 6.92 Å². The van der Waals surface area contributed by atoms with Crippen LogP contribution in [0.2, 0.25) is 0 Å². The summed E-state index contributed by atoms with van der Waals surface area (Å²) in [6.07, 6.45) is 0. The summed E-state index contributed by atoms with van der Waals surface area (Å²) in [5.41, 5.74) is 0.940. The third-order valence-electron chi connectivity index (χ3n) is 1.01. The van der Waals surface area contributed by atoms with Crippen LogP contribution >= 0.6 is 11.3 Å². The molecule has 0 aliphatic carbocycles. The lowest BCUT2D eigenvalue weighted by Crippen LogP contribution is -1.78. The lowest BCUT2D eigenvalue weighted by Gasteiger charge is -1.87. The van der Waals surface area contributed by atoms with E-state index in [-0.39, 0.29) is 6.61 Å². The molecule has 1 aromatic rings. The van der Waals surface area contributed by atoms with Gasteiger partial charge in [-0.05, 0) is 23.9 Å². The van der Waals surface area contributed by atoms with Crippen LogP contribution in [-0.2, 0) is 6.61 Å². The van der Waals surface area contributed by atoms with Crippen LogP contribution in [-0.4, -0.2) is 5.11 Å². The molecule has 1 N–H and O–H groups in total. The Labute approximate surface area is 52.6 Å². The predicted octanol–water partition coefficient (Wildman–Crippen LogP) is 1.42. The van der Waals surface area contributed by atoms with E-state index < -0.39 is 0 Å². The summed E-state index contributed by atoms with van der Waals surface area (Å²) >= 11 is 1.56. The molecule has 0 aliphatic rings. The van der Waals surface area contributed by atoms with Gasteiger partial charge in [-0.1, -0.05) is 0 Å². The van der Waals surface area contributed by atoms with E-state index in [1.54, 1.807) is 11.3 Å². The van der Waals surface area contributed by atoms with Gasteiger partial charge in [-0.3, -0.25) is 0 Å². The van der Waals surface area contributed by atoms with Crippen molar-refractivity contribution in [2.24, 2.45) is 0 Å². The molecule has 0 saturated heterocycles. The molecule has 0 spiro atoms. The van der Waals surface area contributed by atoms with Crippen molar-refractivity contribution in [3.8, 4) is 0 Å². The van der Waals surface area contributed by atoms with Crippen molar-refractivity contribution < 1.29 is 5.11 Å². The molecule has 0 aromatic carbocycles. The number of rotatable bonds is 1. The van der Waals surface area contributed by atoms with E-state index in [1.165, 1.54) is 0 Å². The average Bonchev–Trinajstić information content (AvgIpc) is 2.14. The summed E-state index contributed by atoms with van der Waals surface area (Å²) in [7, 11) is 0. The Morgan fingerprint density at radius 2 is 2.50 bits per heavy atom. The molecule has 0 fully saturated rings. The first-order chi connectivity index (χ1) is 3.84. The molecule has 43 valence electrons. The number of hydrogen-bond acceptors (Lipinski definition) is 2. The molecule has 0 unspecified atom stereocenters. The third-order valence-corrected chi connectivity index (χ3v) is 1.83. The van der Waals surface area contributed by atoms with Crippen LogP contribution in [0.3, 0.4) is 0 Å². The van der Waals surface area contributed by atoms with Crippen LogP contribution in [0.1, 0.15) is 10.4 Å². The zero-order valence-electron chi connectivity index (χ0n) is 4.42. The zero-order chi connectivity index (χ0) is 5.98. The first kappa shape index (κ1) is 5.79. The number of hydrogen-bond donors (Lipinski definition) is 1. The van der Waals surface area contributed by atoms with Gasteiger partial charge < -0.3 is 5.11 Å².